The number of hydrogen-bond donors (Lipinski definition) is 0. The fourth-order valence-corrected chi connectivity index (χ4v) is 1.50. The summed E-state index contributed by atoms with van der Waals surface area (Å²) in [4.78, 5) is 13.2. The van der Waals surface area contributed by atoms with Gasteiger partial charge in [0.05, 0.1) is 6.10 Å². The number of ketones is 1. The number of nitrogens with zero attached hydrogens (tertiary/aromatic N) is 1. The zero-order chi connectivity index (χ0) is 12.8. The van der Waals surface area contributed by atoms with Gasteiger partial charge in [0, 0.05) is 12.1 Å². The molecule has 0 aromatic heterocycles. The van der Waals surface area contributed by atoms with E-state index in [1.54, 1.807) is 19.1 Å². The maximum Gasteiger partial charge on any atom is 0.159 e. The summed E-state index contributed by atoms with van der Waals surface area (Å²) in [6.45, 7) is 4.63. The highest BCUT2D eigenvalue weighted by atomic mass is 16.5. The molecule has 17 heavy (non-hydrogen) atoms. The number of hydrogen-bond acceptors (Lipinski definition) is 3. The zero-order valence-electron chi connectivity index (χ0n) is 11.1. The van der Waals surface area contributed by atoms with Gasteiger partial charge in [-0.2, -0.15) is 0 Å². The molecule has 0 N–H and O–H groups in total. The molecule has 1 atom stereocenters. The van der Waals surface area contributed by atoms with Crippen molar-refractivity contribution in [2.75, 3.05) is 20.6 Å². The molecule has 0 aliphatic heterocycles. The van der Waals surface area contributed by atoms with Crippen LogP contribution in [0.1, 0.15) is 30.6 Å². The van der Waals surface area contributed by atoms with Crippen LogP contribution < -0.4 is 4.74 Å². The van der Waals surface area contributed by atoms with E-state index >= 15 is 0 Å². The van der Waals surface area contributed by atoms with Crippen molar-refractivity contribution >= 4 is 5.78 Å². The summed E-state index contributed by atoms with van der Waals surface area (Å²) in [6.07, 6.45) is 1.17. The predicted molar refractivity (Wildman–Crippen MR) is 69.7 cm³/mol. The Morgan fingerprint density at radius 3 is 2.35 bits per heavy atom. The second-order valence-corrected chi connectivity index (χ2v) is 4.60. The number of carbonyl (C=O) groups is 1. The highest BCUT2D eigenvalue weighted by molar-refractivity contribution is 5.94. The Balaban J connectivity index is 2.48. The van der Waals surface area contributed by atoms with Crippen LogP contribution in [-0.2, 0) is 0 Å². The van der Waals surface area contributed by atoms with E-state index in [4.69, 9.17) is 4.74 Å². The molecule has 0 spiro atoms. The fourth-order valence-electron chi connectivity index (χ4n) is 1.50. The Labute approximate surface area is 103 Å². The molecule has 0 saturated heterocycles. The summed E-state index contributed by atoms with van der Waals surface area (Å²) >= 11 is 0. The first-order valence-corrected chi connectivity index (χ1v) is 5.91. The third-order valence-corrected chi connectivity index (χ3v) is 2.58. The molecule has 1 unspecified atom stereocenters. The number of benzene rings is 1. The molecular weight excluding hydrogens is 214 g/mol. The van der Waals surface area contributed by atoms with Gasteiger partial charge in [-0.05, 0) is 58.6 Å². The Hall–Kier alpha value is -1.35. The van der Waals surface area contributed by atoms with Crippen molar-refractivity contribution in [1.82, 2.24) is 4.90 Å². The summed E-state index contributed by atoms with van der Waals surface area (Å²) in [5.74, 6) is 0.901. The van der Waals surface area contributed by atoms with E-state index in [-0.39, 0.29) is 11.9 Å². The van der Waals surface area contributed by atoms with Gasteiger partial charge in [-0.25, -0.2) is 0 Å². The third kappa shape index (κ3) is 5.00. The molecule has 0 bridgehead atoms. The van der Waals surface area contributed by atoms with Crippen molar-refractivity contribution in [3.8, 4) is 5.75 Å². The molecule has 0 aliphatic carbocycles. The van der Waals surface area contributed by atoms with Gasteiger partial charge in [0.1, 0.15) is 5.75 Å². The fraction of sp³-hybridized carbons (Fsp3) is 0.500. The van der Waals surface area contributed by atoms with Crippen LogP contribution in [0.4, 0.5) is 0 Å². The highest BCUT2D eigenvalue weighted by Gasteiger charge is 2.05. The first-order chi connectivity index (χ1) is 7.99. The van der Waals surface area contributed by atoms with Gasteiger partial charge in [-0.3, -0.25) is 4.79 Å². The standard InChI is InChI=1S/C14H21NO2/c1-11(9-10-15(3)4)17-14-7-5-13(6-8-14)12(2)16/h5-8,11H,9-10H2,1-4H3. The minimum atomic E-state index is 0.0807. The minimum absolute atomic E-state index is 0.0807. The van der Waals surface area contributed by atoms with Crippen LogP contribution in [0.2, 0.25) is 0 Å². The first kappa shape index (κ1) is 13.7. The molecule has 0 fully saturated rings. The van der Waals surface area contributed by atoms with Crippen LogP contribution in [0.5, 0.6) is 5.75 Å². The quantitative estimate of drug-likeness (QED) is 0.710. The lowest BCUT2D eigenvalue weighted by molar-refractivity contribution is 0.101. The van der Waals surface area contributed by atoms with Gasteiger partial charge < -0.3 is 9.64 Å². The Morgan fingerprint density at radius 2 is 1.88 bits per heavy atom. The summed E-state index contributed by atoms with van der Waals surface area (Å²) in [5, 5.41) is 0. The lowest BCUT2D eigenvalue weighted by Crippen LogP contribution is -2.21. The summed E-state index contributed by atoms with van der Waals surface area (Å²) in [7, 11) is 4.10. The van der Waals surface area contributed by atoms with Crippen LogP contribution >= 0.6 is 0 Å². The van der Waals surface area contributed by atoms with E-state index in [1.807, 2.05) is 26.2 Å². The van der Waals surface area contributed by atoms with Crippen LogP contribution in [-0.4, -0.2) is 37.4 Å². The average Bonchev–Trinajstić information content (AvgIpc) is 2.27. The normalized spacial score (nSPS) is 12.5. The summed E-state index contributed by atoms with van der Waals surface area (Å²) in [5.41, 5.74) is 0.721. The van der Waals surface area contributed by atoms with E-state index in [2.05, 4.69) is 11.8 Å². The Kier molecular flexibility index (Phi) is 5.16. The monoisotopic (exact) mass is 235 g/mol. The van der Waals surface area contributed by atoms with Crippen molar-refractivity contribution in [3.05, 3.63) is 29.8 Å². The number of ether oxygens (including phenoxy) is 1. The molecule has 0 aliphatic rings. The lowest BCUT2D eigenvalue weighted by atomic mass is 10.1. The average molecular weight is 235 g/mol. The first-order valence-electron chi connectivity index (χ1n) is 5.91. The lowest BCUT2D eigenvalue weighted by Gasteiger charge is -2.17. The molecule has 94 valence electrons. The van der Waals surface area contributed by atoms with Gasteiger partial charge in [0.15, 0.2) is 5.78 Å². The van der Waals surface area contributed by atoms with Crippen LogP contribution in [0.25, 0.3) is 0 Å². The molecule has 1 aromatic carbocycles. The third-order valence-electron chi connectivity index (χ3n) is 2.58. The number of carbonyl (C=O) groups excluding carboxylic acids is 1. The van der Waals surface area contributed by atoms with Crippen molar-refractivity contribution in [3.63, 3.8) is 0 Å². The maximum absolute atomic E-state index is 11.1. The van der Waals surface area contributed by atoms with E-state index < -0.39 is 0 Å². The molecular formula is C14H21NO2. The Bertz CT molecular complexity index is 357. The molecule has 3 nitrogen and oxygen atoms in total. The van der Waals surface area contributed by atoms with E-state index in [1.165, 1.54) is 0 Å². The van der Waals surface area contributed by atoms with Crippen molar-refractivity contribution in [2.24, 2.45) is 0 Å². The second-order valence-electron chi connectivity index (χ2n) is 4.60. The number of Topliss-reactive ketones (excluding diaryl/α,β-unsaturated/α-hetero) is 1. The second kappa shape index (κ2) is 6.40. The van der Waals surface area contributed by atoms with E-state index in [9.17, 15) is 4.79 Å². The topological polar surface area (TPSA) is 29.5 Å². The van der Waals surface area contributed by atoms with E-state index in [0.29, 0.717) is 0 Å². The minimum Gasteiger partial charge on any atom is -0.491 e. The number of rotatable bonds is 6. The molecule has 0 amide bonds. The Morgan fingerprint density at radius 1 is 1.29 bits per heavy atom. The van der Waals surface area contributed by atoms with Crippen molar-refractivity contribution in [1.29, 1.82) is 0 Å². The molecule has 1 rings (SSSR count). The summed E-state index contributed by atoms with van der Waals surface area (Å²) in [6, 6.07) is 7.30. The van der Waals surface area contributed by atoms with Gasteiger partial charge >= 0.3 is 0 Å². The van der Waals surface area contributed by atoms with Gasteiger partial charge in [-0.15, -0.1) is 0 Å². The molecule has 0 saturated carbocycles. The largest absolute Gasteiger partial charge is 0.491 e. The van der Waals surface area contributed by atoms with E-state index in [0.717, 1.165) is 24.3 Å². The zero-order valence-corrected chi connectivity index (χ0v) is 11.1. The molecule has 3 heteroatoms. The van der Waals surface area contributed by atoms with Gasteiger partial charge in [0.25, 0.3) is 0 Å². The maximum atomic E-state index is 11.1. The smallest absolute Gasteiger partial charge is 0.159 e. The van der Waals surface area contributed by atoms with Gasteiger partial charge in [-0.1, -0.05) is 0 Å². The van der Waals surface area contributed by atoms with Gasteiger partial charge in [0.2, 0.25) is 0 Å². The van der Waals surface area contributed by atoms with Crippen molar-refractivity contribution < 1.29 is 9.53 Å². The van der Waals surface area contributed by atoms with Crippen molar-refractivity contribution in [2.45, 2.75) is 26.4 Å². The SMILES string of the molecule is CC(=O)c1ccc(OC(C)CCN(C)C)cc1. The van der Waals surface area contributed by atoms with Crippen LogP contribution in [0, 0.1) is 0 Å². The van der Waals surface area contributed by atoms with Crippen LogP contribution in [0.15, 0.2) is 24.3 Å². The molecule has 1 aromatic rings. The highest BCUT2D eigenvalue weighted by Crippen LogP contribution is 2.15. The summed E-state index contributed by atoms with van der Waals surface area (Å²) < 4.78 is 5.76. The van der Waals surface area contributed by atoms with Crippen LogP contribution in [0.3, 0.4) is 0 Å². The predicted octanol–water partition coefficient (Wildman–Crippen LogP) is 2.61. The molecule has 0 radical (unpaired) electrons. The molecule has 0 heterocycles.